The summed E-state index contributed by atoms with van der Waals surface area (Å²) < 4.78 is 10.6. The van der Waals surface area contributed by atoms with Crippen molar-refractivity contribution in [2.24, 2.45) is 5.10 Å². The van der Waals surface area contributed by atoms with Crippen LogP contribution in [0.1, 0.15) is 29.8 Å². The number of ether oxygens (including phenoxy) is 2. The fraction of sp³-hybridized carbons (Fsp3) is 0.222. The van der Waals surface area contributed by atoms with E-state index in [-0.39, 0.29) is 22.4 Å². The molecule has 0 bridgehead atoms. The molecule has 132 valence electrons. The Hall–Kier alpha value is -2.73. The maximum Gasteiger partial charge on any atom is 0.271 e. The Bertz CT molecular complexity index is 760. The lowest BCUT2D eigenvalue weighted by molar-refractivity contribution is 0.0955. The molecule has 0 aliphatic carbocycles. The van der Waals surface area contributed by atoms with Crippen molar-refractivity contribution in [1.82, 2.24) is 5.43 Å². The molecule has 0 aromatic heterocycles. The molecular formula is C18H19ClN2O4. The number of phenolic OH excluding ortho intramolecular Hbond substituents is 1. The first-order valence-electron chi connectivity index (χ1n) is 7.76. The summed E-state index contributed by atoms with van der Waals surface area (Å²) >= 11 is 5.94. The smallest absolute Gasteiger partial charge is 0.271 e. The molecule has 1 amide bonds. The van der Waals surface area contributed by atoms with Crippen LogP contribution >= 0.6 is 11.6 Å². The van der Waals surface area contributed by atoms with Crippen LogP contribution in [0.2, 0.25) is 5.02 Å². The number of phenols is 1. The number of halogens is 1. The molecule has 0 saturated heterocycles. The molecule has 0 aliphatic heterocycles. The van der Waals surface area contributed by atoms with Gasteiger partial charge in [0, 0.05) is 5.56 Å². The van der Waals surface area contributed by atoms with E-state index in [1.807, 2.05) is 6.92 Å². The van der Waals surface area contributed by atoms with Gasteiger partial charge in [-0.15, -0.1) is 0 Å². The molecule has 0 spiro atoms. The summed E-state index contributed by atoms with van der Waals surface area (Å²) in [5, 5.41) is 13.8. The summed E-state index contributed by atoms with van der Waals surface area (Å²) in [6, 6.07) is 9.84. The number of hydrogen-bond acceptors (Lipinski definition) is 5. The molecule has 2 rings (SSSR count). The largest absolute Gasteiger partial charge is 0.503 e. The minimum Gasteiger partial charge on any atom is -0.503 e. The molecule has 2 aromatic carbocycles. The summed E-state index contributed by atoms with van der Waals surface area (Å²) in [6.45, 7) is 4.64. The molecule has 25 heavy (non-hydrogen) atoms. The minimum atomic E-state index is -0.353. The second-order valence-electron chi connectivity index (χ2n) is 4.94. The Morgan fingerprint density at radius 1 is 1.20 bits per heavy atom. The highest BCUT2D eigenvalue weighted by Crippen LogP contribution is 2.34. The van der Waals surface area contributed by atoms with Gasteiger partial charge < -0.3 is 14.6 Å². The molecule has 0 aliphatic rings. The van der Waals surface area contributed by atoms with Crippen molar-refractivity contribution in [3.63, 3.8) is 0 Å². The third-order valence-corrected chi connectivity index (χ3v) is 3.45. The fourth-order valence-corrected chi connectivity index (χ4v) is 2.25. The molecule has 0 unspecified atom stereocenters. The van der Waals surface area contributed by atoms with Crippen molar-refractivity contribution < 1.29 is 19.4 Å². The van der Waals surface area contributed by atoms with E-state index in [0.29, 0.717) is 30.1 Å². The maximum atomic E-state index is 12.0. The van der Waals surface area contributed by atoms with Crippen LogP contribution in [0.25, 0.3) is 0 Å². The fourth-order valence-electron chi connectivity index (χ4n) is 2.03. The van der Waals surface area contributed by atoms with E-state index < -0.39 is 0 Å². The lowest BCUT2D eigenvalue weighted by Gasteiger charge is -2.08. The van der Waals surface area contributed by atoms with Crippen LogP contribution in [0.15, 0.2) is 41.5 Å². The molecule has 0 heterocycles. The summed E-state index contributed by atoms with van der Waals surface area (Å²) in [5.74, 6) is 0.479. The highest BCUT2D eigenvalue weighted by atomic mass is 35.5. The second kappa shape index (κ2) is 8.94. The first-order chi connectivity index (χ1) is 12.0. The number of amides is 1. The molecule has 6 nitrogen and oxygen atoms in total. The van der Waals surface area contributed by atoms with Crippen molar-refractivity contribution in [1.29, 1.82) is 0 Å². The normalized spacial score (nSPS) is 10.7. The second-order valence-corrected chi connectivity index (χ2v) is 5.35. The van der Waals surface area contributed by atoms with E-state index in [1.165, 1.54) is 12.3 Å². The number of benzene rings is 2. The Balaban J connectivity index is 2.03. The Morgan fingerprint density at radius 3 is 2.52 bits per heavy atom. The number of nitrogens with zero attached hydrogens (tertiary/aromatic N) is 1. The summed E-state index contributed by atoms with van der Waals surface area (Å²) in [4.78, 5) is 12.0. The van der Waals surface area contributed by atoms with Crippen LogP contribution < -0.4 is 14.9 Å². The number of hydrogen-bond donors (Lipinski definition) is 2. The highest BCUT2D eigenvalue weighted by Gasteiger charge is 2.09. The van der Waals surface area contributed by atoms with Crippen LogP contribution in [0.5, 0.6) is 17.2 Å². The van der Waals surface area contributed by atoms with Gasteiger partial charge in [-0.2, -0.15) is 5.10 Å². The topological polar surface area (TPSA) is 80.2 Å². The standard InChI is InChI=1S/C18H19ClN2O4/c1-3-24-14-7-5-13(6-8-14)18(23)21-20-11-12-9-15(19)17(22)16(10-12)25-4-2/h5-11,22H,3-4H2,1-2H3,(H,21,23)/b20-11+. The van der Waals surface area contributed by atoms with E-state index >= 15 is 0 Å². The molecule has 0 fully saturated rings. The minimum absolute atomic E-state index is 0.126. The lowest BCUT2D eigenvalue weighted by atomic mass is 10.2. The van der Waals surface area contributed by atoms with E-state index in [1.54, 1.807) is 37.3 Å². The van der Waals surface area contributed by atoms with Gasteiger partial charge in [-0.1, -0.05) is 11.6 Å². The summed E-state index contributed by atoms with van der Waals surface area (Å²) in [5.41, 5.74) is 3.47. The molecule has 0 atom stereocenters. The quantitative estimate of drug-likeness (QED) is 0.582. The van der Waals surface area contributed by atoms with Gasteiger partial charge in [0.05, 0.1) is 24.5 Å². The molecule has 0 radical (unpaired) electrons. The van der Waals surface area contributed by atoms with Gasteiger partial charge in [0.15, 0.2) is 11.5 Å². The highest BCUT2D eigenvalue weighted by molar-refractivity contribution is 6.32. The van der Waals surface area contributed by atoms with Crippen LogP contribution in [0.3, 0.4) is 0 Å². The SMILES string of the molecule is CCOc1ccc(C(=O)N/N=C/c2cc(Cl)c(O)c(OCC)c2)cc1. The van der Waals surface area contributed by atoms with E-state index in [2.05, 4.69) is 10.5 Å². The predicted octanol–water partition coefficient (Wildman–Crippen LogP) is 3.61. The van der Waals surface area contributed by atoms with Gasteiger partial charge in [0.25, 0.3) is 5.91 Å². The van der Waals surface area contributed by atoms with Crippen LogP contribution in [0.4, 0.5) is 0 Å². The number of aromatic hydroxyl groups is 1. The van der Waals surface area contributed by atoms with Gasteiger partial charge in [0.1, 0.15) is 5.75 Å². The maximum absolute atomic E-state index is 12.0. The molecule has 2 aromatic rings. The monoisotopic (exact) mass is 362 g/mol. The van der Waals surface area contributed by atoms with E-state index in [0.717, 1.165) is 0 Å². The number of nitrogens with one attached hydrogen (secondary N) is 1. The lowest BCUT2D eigenvalue weighted by Crippen LogP contribution is -2.17. The van der Waals surface area contributed by atoms with Gasteiger partial charge in [0.2, 0.25) is 0 Å². The first-order valence-corrected chi connectivity index (χ1v) is 8.14. The van der Waals surface area contributed by atoms with Crippen molar-refractivity contribution >= 4 is 23.7 Å². The van der Waals surface area contributed by atoms with Gasteiger partial charge in [-0.25, -0.2) is 5.43 Å². The van der Waals surface area contributed by atoms with Crippen molar-refractivity contribution in [2.75, 3.05) is 13.2 Å². The van der Waals surface area contributed by atoms with Crippen molar-refractivity contribution in [2.45, 2.75) is 13.8 Å². The number of rotatable bonds is 7. The molecule has 2 N–H and O–H groups in total. The Kier molecular flexibility index (Phi) is 6.65. The zero-order chi connectivity index (χ0) is 18.2. The Morgan fingerprint density at radius 2 is 1.88 bits per heavy atom. The Labute approximate surface area is 151 Å². The predicted molar refractivity (Wildman–Crippen MR) is 97.0 cm³/mol. The third-order valence-electron chi connectivity index (χ3n) is 3.16. The number of carbonyl (C=O) groups is 1. The van der Waals surface area contributed by atoms with Crippen LogP contribution in [-0.2, 0) is 0 Å². The number of carbonyl (C=O) groups excluding carboxylic acids is 1. The third kappa shape index (κ3) is 5.12. The van der Waals surface area contributed by atoms with Crippen LogP contribution in [-0.4, -0.2) is 30.4 Å². The zero-order valence-electron chi connectivity index (χ0n) is 14.0. The van der Waals surface area contributed by atoms with Crippen molar-refractivity contribution in [3.8, 4) is 17.2 Å². The molecular weight excluding hydrogens is 344 g/mol. The van der Waals surface area contributed by atoms with Crippen LogP contribution in [0, 0.1) is 0 Å². The average Bonchev–Trinajstić information content (AvgIpc) is 2.60. The molecule has 0 saturated carbocycles. The average molecular weight is 363 g/mol. The zero-order valence-corrected chi connectivity index (χ0v) is 14.7. The van der Waals surface area contributed by atoms with E-state index in [9.17, 15) is 9.90 Å². The van der Waals surface area contributed by atoms with Gasteiger partial charge in [-0.3, -0.25) is 4.79 Å². The van der Waals surface area contributed by atoms with Gasteiger partial charge in [-0.05, 0) is 55.8 Å². The van der Waals surface area contributed by atoms with Gasteiger partial charge >= 0.3 is 0 Å². The molecule has 7 heteroatoms. The van der Waals surface area contributed by atoms with Crippen molar-refractivity contribution in [3.05, 3.63) is 52.5 Å². The summed E-state index contributed by atoms with van der Waals surface area (Å²) in [6.07, 6.45) is 1.42. The summed E-state index contributed by atoms with van der Waals surface area (Å²) in [7, 11) is 0. The van der Waals surface area contributed by atoms with E-state index in [4.69, 9.17) is 21.1 Å². The first kappa shape index (κ1) is 18.6. The number of hydrazone groups is 1.